The van der Waals surface area contributed by atoms with Crippen molar-refractivity contribution in [3.05, 3.63) is 42.3 Å². The quantitative estimate of drug-likeness (QED) is 0.901. The summed E-state index contributed by atoms with van der Waals surface area (Å²) in [4.78, 5) is 14.0. The van der Waals surface area contributed by atoms with E-state index < -0.39 is 5.60 Å². The average molecular weight is 274 g/mol. The monoisotopic (exact) mass is 274 g/mol. The highest BCUT2D eigenvalue weighted by Crippen LogP contribution is 2.33. The highest BCUT2D eigenvalue weighted by molar-refractivity contribution is 5.85. The summed E-state index contributed by atoms with van der Waals surface area (Å²) in [6, 6.07) is 9.75. The number of nitrogens with zero attached hydrogens (tertiary/aromatic N) is 1. The van der Waals surface area contributed by atoms with Gasteiger partial charge in [0.2, 0.25) is 5.91 Å². The molecule has 1 radical (unpaired) electrons. The lowest BCUT2D eigenvalue weighted by Crippen LogP contribution is -2.46. The lowest BCUT2D eigenvalue weighted by Gasteiger charge is -2.39. The van der Waals surface area contributed by atoms with Crippen molar-refractivity contribution in [3.63, 3.8) is 0 Å². The molecule has 3 heteroatoms. The number of aliphatic hydroxyl groups is 1. The fourth-order valence-corrected chi connectivity index (χ4v) is 2.60. The molecule has 0 saturated carbocycles. The Morgan fingerprint density at radius 2 is 1.75 bits per heavy atom. The van der Waals surface area contributed by atoms with Crippen LogP contribution in [0, 0.1) is 11.8 Å². The highest BCUT2D eigenvalue weighted by atomic mass is 16.3. The predicted molar refractivity (Wildman–Crippen MR) is 79.9 cm³/mol. The summed E-state index contributed by atoms with van der Waals surface area (Å²) >= 11 is 0. The zero-order chi connectivity index (χ0) is 14.8. The maximum absolute atomic E-state index is 12.2. The van der Waals surface area contributed by atoms with Crippen molar-refractivity contribution in [2.75, 3.05) is 13.1 Å². The molecular formula is C17H24NO2. The summed E-state index contributed by atoms with van der Waals surface area (Å²) in [5.41, 5.74) is 0.0521. The molecule has 1 aromatic carbocycles. The first-order chi connectivity index (χ1) is 9.30. The van der Waals surface area contributed by atoms with Gasteiger partial charge in [0.25, 0.3) is 0 Å². The molecule has 109 valence electrons. The second kappa shape index (κ2) is 5.57. The SMILES string of the molecule is CC(C)(C)[CH]C(=O)N1CCC(O)(c2ccccc2)CC1. The van der Waals surface area contributed by atoms with Crippen molar-refractivity contribution in [3.8, 4) is 0 Å². The van der Waals surface area contributed by atoms with E-state index in [1.807, 2.05) is 56.0 Å². The van der Waals surface area contributed by atoms with Gasteiger partial charge >= 0.3 is 0 Å². The number of hydrogen-bond donors (Lipinski definition) is 1. The van der Waals surface area contributed by atoms with Gasteiger partial charge in [0, 0.05) is 13.1 Å². The Hall–Kier alpha value is -1.35. The molecule has 1 fully saturated rings. The Morgan fingerprint density at radius 3 is 2.25 bits per heavy atom. The van der Waals surface area contributed by atoms with Gasteiger partial charge in [-0.2, -0.15) is 0 Å². The molecular weight excluding hydrogens is 250 g/mol. The first kappa shape index (κ1) is 15.0. The third-order valence-electron chi connectivity index (χ3n) is 3.77. The third kappa shape index (κ3) is 3.60. The van der Waals surface area contributed by atoms with E-state index >= 15 is 0 Å². The van der Waals surface area contributed by atoms with Gasteiger partial charge in [-0.05, 0) is 23.8 Å². The minimum atomic E-state index is -0.792. The van der Waals surface area contributed by atoms with Crippen molar-refractivity contribution in [2.45, 2.75) is 39.2 Å². The zero-order valence-electron chi connectivity index (χ0n) is 12.6. The Balaban J connectivity index is 1.97. The first-order valence-corrected chi connectivity index (χ1v) is 7.23. The topological polar surface area (TPSA) is 40.5 Å². The number of likely N-dealkylation sites (tertiary alicyclic amines) is 1. The van der Waals surface area contributed by atoms with Crippen LogP contribution in [0.25, 0.3) is 0 Å². The van der Waals surface area contributed by atoms with E-state index in [4.69, 9.17) is 0 Å². The number of carbonyl (C=O) groups excluding carboxylic acids is 1. The fraction of sp³-hybridized carbons (Fsp3) is 0.529. The van der Waals surface area contributed by atoms with E-state index in [0.717, 1.165) is 5.56 Å². The minimum Gasteiger partial charge on any atom is -0.385 e. The number of benzene rings is 1. The van der Waals surface area contributed by atoms with Crippen LogP contribution in [-0.2, 0) is 10.4 Å². The molecule has 2 rings (SSSR count). The first-order valence-electron chi connectivity index (χ1n) is 7.23. The predicted octanol–water partition coefficient (Wildman–Crippen LogP) is 2.75. The smallest absolute Gasteiger partial charge is 0.227 e. The van der Waals surface area contributed by atoms with E-state index in [9.17, 15) is 9.90 Å². The second-order valence-electron chi connectivity index (χ2n) is 6.73. The van der Waals surface area contributed by atoms with E-state index in [1.54, 1.807) is 6.42 Å². The number of amides is 1. The summed E-state index contributed by atoms with van der Waals surface area (Å²) < 4.78 is 0. The van der Waals surface area contributed by atoms with Crippen LogP contribution < -0.4 is 0 Å². The lowest BCUT2D eigenvalue weighted by molar-refractivity contribution is -0.133. The van der Waals surface area contributed by atoms with Crippen LogP contribution in [0.3, 0.4) is 0 Å². The normalized spacial score (nSPS) is 18.9. The van der Waals surface area contributed by atoms with Crippen molar-refractivity contribution in [1.29, 1.82) is 0 Å². The van der Waals surface area contributed by atoms with Crippen LogP contribution in [0.4, 0.5) is 0 Å². The van der Waals surface area contributed by atoms with Crippen molar-refractivity contribution >= 4 is 5.91 Å². The Labute approximate surface area is 121 Å². The van der Waals surface area contributed by atoms with Crippen LogP contribution in [0.1, 0.15) is 39.2 Å². The van der Waals surface area contributed by atoms with Crippen molar-refractivity contribution in [2.24, 2.45) is 5.41 Å². The second-order valence-corrected chi connectivity index (χ2v) is 6.73. The van der Waals surface area contributed by atoms with Gasteiger partial charge in [0.15, 0.2) is 0 Å². The number of piperidine rings is 1. The third-order valence-corrected chi connectivity index (χ3v) is 3.77. The number of rotatable bonds is 2. The summed E-state index contributed by atoms with van der Waals surface area (Å²) in [5, 5.41) is 10.7. The van der Waals surface area contributed by atoms with Gasteiger partial charge in [-0.25, -0.2) is 0 Å². The zero-order valence-corrected chi connectivity index (χ0v) is 12.6. The lowest BCUT2D eigenvalue weighted by atomic mass is 9.84. The van der Waals surface area contributed by atoms with E-state index in [0.29, 0.717) is 25.9 Å². The summed E-state index contributed by atoms with van der Waals surface area (Å²) in [6.07, 6.45) is 2.96. The molecule has 1 aliphatic rings. The summed E-state index contributed by atoms with van der Waals surface area (Å²) in [7, 11) is 0. The largest absolute Gasteiger partial charge is 0.385 e. The molecule has 0 atom stereocenters. The van der Waals surface area contributed by atoms with Crippen LogP contribution in [0.5, 0.6) is 0 Å². The standard InChI is InChI=1S/C17H24NO2/c1-16(2,3)13-15(19)18-11-9-17(20,10-12-18)14-7-5-4-6-8-14/h4-8,13,20H,9-12H2,1-3H3. The molecule has 1 amide bonds. The van der Waals surface area contributed by atoms with Gasteiger partial charge in [0.1, 0.15) is 0 Å². The van der Waals surface area contributed by atoms with Gasteiger partial charge in [-0.3, -0.25) is 4.79 Å². The molecule has 1 heterocycles. The Morgan fingerprint density at radius 1 is 1.20 bits per heavy atom. The van der Waals surface area contributed by atoms with Gasteiger partial charge in [0.05, 0.1) is 12.0 Å². The summed E-state index contributed by atoms with van der Waals surface area (Å²) in [6.45, 7) is 7.28. The van der Waals surface area contributed by atoms with E-state index in [2.05, 4.69) is 0 Å². The van der Waals surface area contributed by atoms with Crippen molar-refractivity contribution in [1.82, 2.24) is 4.90 Å². The molecule has 1 saturated heterocycles. The van der Waals surface area contributed by atoms with Gasteiger partial charge < -0.3 is 10.0 Å². The molecule has 0 aliphatic carbocycles. The minimum absolute atomic E-state index is 0.0765. The maximum atomic E-state index is 12.2. The Bertz CT molecular complexity index is 454. The molecule has 3 nitrogen and oxygen atoms in total. The molecule has 1 aliphatic heterocycles. The Kier molecular flexibility index (Phi) is 4.19. The van der Waals surface area contributed by atoms with E-state index in [1.165, 1.54) is 0 Å². The maximum Gasteiger partial charge on any atom is 0.227 e. The fourth-order valence-electron chi connectivity index (χ4n) is 2.60. The molecule has 1 aromatic rings. The molecule has 0 spiro atoms. The van der Waals surface area contributed by atoms with Crippen LogP contribution in [0.2, 0.25) is 0 Å². The average Bonchev–Trinajstić information content (AvgIpc) is 2.38. The molecule has 0 bridgehead atoms. The van der Waals surface area contributed by atoms with Gasteiger partial charge in [-0.1, -0.05) is 51.1 Å². The molecule has 0 unspecified atom stereocenters. The molecule has 1 N–H and O–H groups in total. The van der Waals surface area contributed by atoms with Gasteiger partial charge in [-0.15, -0.1) is 0 Å². The van der Waals surface area contributed by atoms with Crippen LogP contribution >= 0.6 is 0 Å². The summed E-state index contributed by atoms with van der Waals surface area (Å²) in [5.74, 6) is 0.0765. The van der Waals surface area contributed by atoms with E-state index in [-0.39, 0.29) is 11.3 Å². The number of carbonyl (C=O) groups is 1. The molecule has 0 aromatic heterocycles. The highest BCUT2D eigenvalue weighted by Gasteiger charge is 2.35. The van der Waals surface area contributed by atoms with Crippen LogP contribution in [0.15, 0.2) is 30.3 Å². The van der Waals surface area contributed by atoms with Crippen LogP contribution in [-0.4, -0.2) is 29.0 Å². The van der Waals surface area contributed by atoms with Crippen molar-refractivity contribution < 1.29 is 9.90 Å². The number of hydrogen-bond acceptors (Lipinski definition) is 2. The molecule has 20 heavy (non-hydrogen) atoms.